The van der Waals surface area contributed by atoms with E-state index in [1.165, 1.54) is 6.42 Å². The fourth-order valence-electron chi connectivity index (χ4n) is 2.99. The fraction of sp³-hybridized carbons (Fsp3) is 0.800. The molecule has 0 radical (unpaired) electrons. The molecule has 0 spiro atoms. The molecule has 1 aliphatic heterocycles. The van der Waals surface area contributed by atoms with E-state index >= 15 is 0 Å². The molecule has 0 saturated carbocycles. The summed E-state index contributed by atoms with van der Waals surface area (Å²) in [5.41, 5.74) is 8.20. The molecular weight excluding hydrogens is 250 g/mol. The number of nitrogens with two attached hydrogens (primary N) is 1. The molecule has 0 bridgehead atoms. The Balaban J connectivity index is 2.11. The summed E-state index contributed by atoms with van der Waals surface area (Å²) in [5.74, 6) is 1.47. The van der Waals surface area contributed by atoms with Gasteiger partial charge in [0.25, 0.3) is 0 Å². The van der Waals surface area contributed by atoms with E-state index in [1.807, 2.05) is 11.7 Å². The van der Waals surface area contributed by atoms with Gasteiger partial charge in [-0.3, -0.25) is 9.58 Å². The molecule has 20 heavy (non-hydrogen) atoms. The SMILES string of the molecule is CCC(C)N1CCN(c2c(N)c(C(C)C)nn2C)CC1. The van der Waals surface area contributed by atoms with Gasteiger partial charge < -0.3 is 10.6 Å². The van der Waals surface area contributed by atoms with Crippen molar-refractivity contribution < 1.29 is 0 Å². The fourth-order valence-corrected chi connectivity index (χ4v) is 2.99. The van der Waals surface area contributed by atoms with Crippen molar-refractivity contribution in [3.05, 3.63) is 5.69 Å². The molecular formula is C15H29N5. The molecule has 2 N–H and O–H groups in total. The molecule has 1 aliphatic rings. The van der Waals surface area contributed by atoms with E-state index in [0.29, 0.717) is 12.0 Å². The van der Waals surface area contributed by atoms with E-state index in [4.69, 9.17) is 5.73 Å². The second-order valence-electron chi connectivity index (χ2n) is 6.18. The van der Waals surface area contributed by atoms with Crippen LogP contribution in [0.3, 0.4) is 0 Å². The van der Waals surface area contributed by atoms with Crippen LogP contribution in [0.2, 0.25) is 0 Å². The van der Waals surface area contributed by atoms with Gasteiger partial charge in [-0.2, -0.15) is 5.10 Å². The zero-order valence-electron chi connectivity index (χ0n) is 13.6. The molecule has 1 unspecified atom stereocenters. The Morgan fingerprint density at radius 2 is 1.75 bits per heavy atom. The highest BCUT2D eigenvalue weighted by Crippen LogP contribution is 2.31. The van der Waals surface area contributed by atoms with Gasteiger partial charge in [-0.05, 0) is 19.3 Å². The van der Waals surface area contributed by atoms with Gasteiger partial charge in [-0.1, -0.05) is 20.8 Å². The molecule has 0 aromatic carbocycles. The van der Waals surface area contributed by atoms with Crippen molar-refractivity contribution in [1.82, 2.24) is 14.7 Å². The van der Waals surface area contributed by atoms with E-state index in [2.05, 4.69) is 42.6 Å². The summed E-state index contributed by atoms with van der Waals surface area (Å²) in [6.45, 7) is 13.1. The van der Waals surface area contributed by atoms with Crippen LogP contribution in [0.5, 0.6) is 0 Å². The van der Waals surface area contributed by atoms with Crippen LogP contribution in [0.4, 0.5) is 11.5 Å². The minimum atomic E-state index is 0.372. The van der Waals surface area contributed by atoms with Crippen LogP contribution in [0, 0.1) is 0 Å². The molecule has 1 fully saturated rings. The lowest BCUT2D eigenvalue weighted by molar-refractivity contribution is 0.192. The van der Waals surface area contributed by atoms with Gasteiger partial charge in [0.15, 0.2) is 5.82 Å². The Morgan fingerprint density at radius 1 is 1.15 bits per heavy atom. The number of piperazine rings is 1. The van der Waals surface area contributed by atoms with Gasteiger partial charge in [-0.15, -0.1) is 0 Å². The molecule has 0 aliphatic carbocycles. The normalized spacial score (nSPS) is 18.8. The van der Waals surface area contributed by atoms with Crippen LogP contribution < -0.4 is 10.6 Å². The minimum absolute atomic E-state index is 0.372. The van der Waals surface area contributed by atoms with E-state index in [-0.39, 0.29) is 0 Å². The van der Waals surface area contributed by atoms with Crippen molar-refractivity contribution in [2.75, 3.05) is 36.8 Å². The average Bonchev–Trinajstić information content (AvgIpc) is 2.73. The number of nitrogens with zero attached hydrogens (tertiary/aromatic N) is 4. The first-order valence-electron chi connectivity index (χ1n) is 7.77. The Bertz CT molecular complexity index is 443. The first-order valence-corrected chi connectivity index (χ1v) is 7.77. The van der Waals surface area contributed by atoms with Crippen molar-refractivity contribution >= 4 is 11.5 Å². The van der Waals surface area contributed by atoms with E-state index in [9.17, 15) is 0 Å². The zero-order chi connectivity index (χ0) is 14.9. The number of anilines is 2. The third-order valence-corrected chi connectivity index (χ3v) is 4.46. The summed E-state index contributed by atoms with van der Waals surface area (Å²) in [7, 11) is 2.00. The average molecular weight is 279 g/mol. The lowest BCUT2D eigenvalue weighted by Gasteiger charge is -2.38. The highest BCUT2D eigenvalue weighted by atomic mass is 15.4. The summed E-state index contributed by atoms with van der Waals surface area (Å²) in [5, 5.41) is 4.59. The monoisotopic (exact) mass is 279 g/mol. The minimum Gasteiger partial charge on any atom is -0.394 e. The Hall–Kier alpha value is -1.23. The molecule has 1 aromatic heterocycles. The highest BCUT2D eigenvalue weighted by Gasteiger charge is 2.25. The smallest absolute Gasteiger partial charge is 0.150 e. The third kappa shape index (κ3) is 2.77. The number of hydrogen-bond acceptors (Lipinski definition) is 4. The highest BCUT2D eigenvalue weighted by molar-refractivity contribution is 5.67. The standard InChI is InChI=1S/C15H29N5/c1-6-12(4)19-7-9-20(10-8-19)15-13(16)14(11(2)3)17-18(15)5/h11-12H,6-10,16H2,1-5H3. The second-order valence-corrected chi connectivity index (χ2v) is 6.18. The van der Waals surface area contributed by atoms with Crippen LogP contribution in [0.15, 0.2) is 0 Å². The lowest BCUT2D eigenvalue weighted by Crippen LogP contribution is -2.50. The van der Waals surface area contributed by atoms with Crippen molar-refractivity contribution in [2.24, 2.45) is 7.05 Å². The zero-order valence-corrected chi connectivity index (χ0v) is 13.6. The lowest BCUT2D eigenvalue weighted by atomic mass is 10.1. The van der Waals surface area contributed by atoms with E-state index in [0.717, 1.165) is 43.4 Å². The third-order valence-electron chi connectivity index (χ3n) is 4.46. The Morgan fingerprint density at radius 3 is 2.20 bits per heavy atom. The number of aromatic nitrogens is 2. The van der Waals surface area contributed by atoms with Gasteiger partial charge in [0.05, 0.1) is 11.4 Å². The summed E-state index contributed by atoms with van der Waals surface area (Å²) >= 11 is 0. The topological polar surface area (TPSA) is 50.3 Å². The molecule has 0 amide bonds. The predicted octanol–water partition coefficient (Wildman–Crippen LogP) is 2.05. The molecule has 5 nitrogen and oxygen atoms in total. The van der Waals surface area contributed by atoms with Gasteiger partial charge in [0, 0.05) is 39.3 Å². The van der Waals surface area contributed by atoms with Gasteiger partial charge in [-0.25, -0.2) is 0 Å². The molecule has 2 heterocycles. The van der Waals surface area contributed by atoms with Crippen molar-refractivity contribution in [3.63, 3.8) is 0 Å². The first kappa shape index (κ1) is 15.2. The van der Waals surface area contributed by atoms with Gasteiger partial charge >= 0.3 is 0 Å². The molecule has 1 atom stereocenters. The van der Waals surface area contributed by atoms with Gasteiger partial charge in [0.1, 0.15) is 0 Å². The van der Waals surface area contributed by atoms with Crippen LogP contribution in [0.25, 0.3) is 0 Å². The van der Waals surface area contributed by atoms with Crippen LogP contribution in [0.1, 0.15) is 45.7 Å². The van der Waals surface area contributed by atoms with E-state index < -0.39 is 0 Å². The summed E-state index contributed by atoms with van der Waals surface area (Å²) in [4.78, 5) is 4.94. The predicted molar refractivity (Wildman–Crippen MR) is 85.2 cm³/mol. The summed E-state index contributed by atoms with van der Waals surface area (Å²) in [6.07, 6.45) is 1.21. The number of hydrogen-bond donors (Lipinski definition) is 1. The van der Waals surface area contributed by atoms with Crippen molar-refractivity contribution in [1.29, 1.82) is 0 Å². The molecule has 5 heteroatoms. The largest absolute Gasteiger partial charge is 0.394 e. The van der Waals surface area contributed by atoms with Gasteiger partial charge in [0.2, 0.25) is 0 Å². The van der Waals surface area contributed by atoms with E-state index in [1.54, 1.807) is 0 Å². The van der Waals surface area contributed by atoms with Crippen LogP contribution in [-0.2, 0) is 7.05 Å². The molecule has 114 valence electrons. The maximum Gasteiger partial charge on any atom is 0.150 e. The number of nitrogen functional groups attached to an aromatic ring is 1. The van der Waals surface area contributed by atoms with Crippen molar-refractivity contribution in [3.8, 4) is 0 Å². The Kier molecular flexibility index (Phi) is 4.58. The quantitative estimate of drug-likeness (QED) is 0.916. The maximum atomic E-state index is 6.32. The first-order chi connectivity index (χ1) is 9.45. The van der Waals surface area contributed by atoms with Crippen LogP contribution in [-0.4, -0.2) is 46.9 Å². The maximum absolute atomic E-state index is 6.32. The molecule has 1 aromatic rings. The number of aryl methyl sites for hydroxylation is 1. The molecule has 1 saturated heterocycles. The molecule has 2 rings (SSSR count). The summed E-state index contributed by atoms with van der Waals surface area (Å²) < 4.78 is 1.95. The van der Waals surface area contributed by atoms with Crippen molar-refractivity contribution in [2.45, 2.75) is 46.1 Å². The summed E-state index contributed by atoms with van der Waals surface area (Å²) in [6, 6.07) is 0.673. The number of rotatable bonds is 4. The Labute approximate surface area is 122 Å². The van der Waals surface area contributed by atoms with Crippen LogP contribution >= 0.6 is 0 Å². The second kappa shape index (κ2) is 6.04.